The first kappa shape index (κ1) is 91.7. The van der Waals surface area contributed by atoms with E-state index in [0.29, 0.717) is 12.8 Å². The number of ether oxygens (including phenoxy) is 6. The van der Waals surface area contributed by atoms with Crippen LogP contribution in [0.1, 0.15) is 271 Å². The summed E-state index contributed by atoms with van der Waals surface area (Å²) in [6.07, 6.45) is 57.3. The van der Waals surface area contributed by atoms with Crippen LogP contribution in [0.25, 0.3) is 0 Å². The fourth-order valence-corrected chi connectivity index (χ4v) is 12.8. The number of rotatable bonds is 61. The topological polar surface area (TPSA) is 307 Å². The fraction of sp³-hybridized carbons (Fsp3) is 0.768. The maximum atomic E-state index is 13.5. The molecule has 3 rings (SSSR count). The first-order chi connectivity index (χ1) is 49.3. The molecule has 17 atom stereocenters. The average Bonchev–Trinajstić information content (AvgIpc) is 0.789. The van der Waals surface area contributed by atoms with Gasteiger partial charge in [-0.3, -0.25) is 4.79 Å². The second kappa shape index (κ2) is 61.6. The highest BCUT2D eigenvalue weighted by molar-refractivity contribution is 5.76. The molecule has 0 bridgehead atoms. The molecule has 3 fully saturated rings. The fourth-order valence-electron chi connectivity index (χ4n) is 12.8. The minimum absolute atomic E-state index is 0.251. The van der Waals surface area contributed by atoms with Gasteiger partial charge in [-0.1, -0.05) is 290 Å². The van der Waals surface area contributed by atoms with E-state index >= 15 is 0 Å². The summed E-state index contributed by atoms with van der Waals surface area (Å²) in [6.45, 7) is 1.69. The third-order valence-electron chi connectivity index (χ3n) is 19.1. The van der Waals surface area contributed by atoms with Gasteiger partial charge in [0.25, 0.3) is 0 Å². The number of carbonyl (C=O) groups is 1. The van der Waals surface area contributed by atoms with Crippen molar-refractivity contribution in [1.29, 1.82) is 0 Å². The van der Waals surface area contributed by atoms with Crippen LogP contribution in [-0.4, -0.2) is 193 Å². The van der Waals surface area contributed by atoms with Crippen LogP contribution >= 0.6 is 0 Å². The molecule has 0 saturated carbocycles. The predicted octanol–water partition coefficient (Wildman–Crippen LogP) is 12.9. The van der Waals surface area contributed by atoms with Crippen LogP contribution in [0.3, 0.4) is 0 Å². The number of aliphatic hydroxyl groups excluding tert-OH is 11. The molecule has 0 aromatic heterocycles. The van der Waals surface area contributed by atoms with Crippen molar-refractivity contribution in [2.75, 3.05) is 26.4 Å². The zero-order valence-corrected chi connectivity index (χ0v) is 62.1. The second-order valence-electron chi connectivity index (χ2n) is 27.8. The van der Waals surface area contributed by atoms with Gasteiger partial charge in [-0.25, -0.2) is 0 Å². The van der Waals surface area contributed by atoms with Crippen LogP contribution < -0.4 is 5.32 Å². The van der Waals surface area contributed by atoms with Gasteiger partial charge in [0.15, 0.2) is 18.9 Å². The number of hydrogen-bond donors (Lipinski definition) is 12. The van der Waals surface area contributed by atoms with Gasteiger partial charge < -0.3 is 89.9 Å². The van der Waals surface area contributed by atoms with Crippen LogP contribution in [0.4, 0.5) is 0 Å². The van der Waals surface area contributed by atoms with Crippen LogP contribution in [-0.2, 0) is 33.2 Å². The number of amides is 1. The van der Waals surface area contributed by atoms with Crippen LogP contribution in [0.2, 0.25) is 0 Å². The molecule has 582 valence electrons. The molecule has 3 aliphatic rings. The highest BCUT2D eigenvalue weighted by Crippen LogP contribution is 2.33. The van der Waals surface area contributed by atoms with Gasteiger partial charge in [0, 0.05) is 6.42 Å². The molecule has 0 aromatic rings. The van der Waals surface area contributed by atoms with Crippen molar-refractivity contribution in [3.63, 3.8) is 0 Å². The van der Waals surface area contributed by atoms with Crippen LogP contribution in [0.15, 0.2) is 109 Å². The number of carbonyl (C=O) groups excluding carboxylic acids is 1. The molecule has 0 aromatic carbocycles. The molecule has 17 unspecified atom stereocenters. The minimum atomic E-state index is -1.98. The smallest absolute Gasteiger partial charge is 0.220 e. The Bertz CT molecular complexity index is 2250. The van der Waals surface area contributed by atoms with Crippen molar-refractivity contribution in [2.45, 2.75) is 375 Å². The second-order valence-corrected chi connectivity index (χ2v) is 27.8. The Kier molecular flexibility index (Phi) is 55.9. The van der Waals surface area contributed by atoms with E-state index < -0.39 is 124 Å². The van der Waals surface area contributed by atoms with E-state index in [4.69, 9.17) is 28.4 Å². The quantitative estimate of drug-likeness (QED) is 0.0199. The SMILES string of the molecule is CC/C=C\C/C=C\C/C=C\C/C=C\C/C=C\C/C=C\C/C=C\C/C=C\C/C=C\CCCCCCCCCCCC(=O)NC(COC1OC(CO)C(OC2OC(CO)C(OC3OC(CO)C(O)C(O)C3O)C(O)C2O)C(O)C1O)C(O)CCCCCCCCCCCCCCCCCCCCC. The van der Waals surface area contributed by atoms with Gasteiger partial charge in [0.05, 0.1) is 38.6 Å². The van der Waals surface area contributed by atoms with E-state index in [-0.39, 0.29) is 18.9 Å². The standard InChI is InChI=1S/C82H141NO18/c1-3-5-7-9-11-13-15-17-19-21-23-24-25-26-27-28-29-30-31-32-33-34-35-36-37-38-39-40-42-44-46-48-50-52-54-56-58-60-70(88)83-65(66(87)59-57-55-53-51-49-47-45-43-41-22-20-18-16-14-12-10-8-6-4-2)64-96-80-76(94)73(91)78(68(62-85)98-80)101-82-77(95)74(92)79(69(63-86)99-82)100-81-75(93)72(90)71(89)67(61-84)97-81/h5,7,11,13,17,19,23-24,26-27,29-30,32-33,35-36,38-39,65-69,71-82,84-87,89-95H,3-4,6,8-10,12,14-16,18,20-22,25,28,31,34,37,40-64H2,1-2H3,(H,83,88)/b7-5-,13-11-,19-17-,24-23-,27-26-,30-29-,33-32-,36-35-,39-38-. The van der Waals surface area contributed by atoms with Crippen molar-refractivity contribution in [3.8, 4) is 0 Å². The van der Waals surface area contributed by atoms with E-state index in [1.807, 2.05) is 0 Å². The molecular weight excluding hydrogens is 1290 g/mol. The molecule has 19 heteroatoms. The molecule has 3 aliphatic heterocycles. The lowest BCUT2D eigenvalue weighted by Crippen LogP contribution is -2.66. The van der Waals surface area contributed by atoms with E-state index in [1.165, 1.54) is 122 Å². The Hall–Kier alpha value is -3.55. The highest BCUT2D eigenvalue weighted by Gasteiger charge is 2.54. The van der Waals surface area contributed by atoms with Gasteiger partial charge in [-0.15, -0.1) is 0 Å². The van der Waals surface area contributed by atoms with Crippen molar-refractivity contribution >= 4 is 5.91 Å². The minimum Gasteiger partial charge on any atom is -0.394 e. The van der Waals surface area contributed by atoms with Crippen LogP contribution in [0, 0.1) is 0 Å². The molecule has 0 aliphatic carbocycles. The summed E-state index contributed by atoms with van der Waals surface area (Å²) in [4.78, 5) is 13.5. The highest BCUT2D eigenvalue weighted by atomic mass is 16.8. The molecule has 19 nitrogen and oxygen atoms in total. The van der Waals surface area contributed by atoms with Crippen molar-refractivity contribution in [2.24, 2.45) is 0 Å². The third-order valence-corrected chi connectivity index (χ3v) is 19.1. The Labute approximate surface area is 608 Å². The zero-order chi connectivity index (χ0) is 73.2. The monoisotopic (exact) mass is 1430 g/mol. The molecule has 0 spiro atoms. The lowest BCUT2D eigenvalue weighted by atomic mass is 9.96. The number of hydrogen-bond acceptors (Lipinski definition) is 18. The third kappa shape index (κ3) is 41.8. The summed E-state index contributed by atoms with van der Waals surface area (Å²) >= 11 is 0. The average molecular weight is 1430 g/mol. The summed E-state index contributed by atoms with van der Waals surface area (Å²) < 4.78 is 34.5. The Morgan fingerprint density at radius 1 is 0.366 bits per heavy atom. The predicted molar refractivity (Wildman–Crippen MR) is 401 cm³/mol. The Morgan fingerprint density at radius 2 is 0.683 bits per heavy atom. The molecule has 1 amide bonds. The van der Waals surface area contributed by atoms with Crippen molar-refractivity contribution in [1.82, 2.24) is 5.32 Å². The van der Waals surface area contributed by atoms with Crippen molar-refractivity contribution < 1.29 is 89.4 Å². The molecule has 12 N–H and O–H groups in total. The normalized spacial score (nSPS) is 26.9. The summed E-state index contributed by atoms with van der Waals surface area (Å²) in [6, 6.07) is -0.899. The number of nitrogens with one attached hydrogen (secondary N) is 1. The Morgan fingerprint density at radius 3 is 1.07 bits per heavy atom. The molecular formula is C82H141NO18. The van der Waals surface area contributed by atoms with Gasteiger partial charge in [-0.05, 0) is 83.5 Å². The first-order valence-electron chi connectivity index (χ1n) is 39.6. The zero-order valence-electron chi connectivity index (χ0n) is 62.1. The van der Waals surface area contributed by atoms with E-state index in [2.05, 4.69) is 129 Å². The van der Waals surface area contributed by atoms with E-state index in [1.54, 1.807) is 0 Å². The molecule has 101 heavy (non-hydrogen) atoms. The largest absolute Gasteiger partial charge is 0.394 e. The molecule has 3 heterocycles. The van der Waals surface area contributed by atoms with Gasteiger partial charge in [0.1, 0.15) is 73.2 Å². The molecule has 0 radical (unpaired) electrons. The number of unbranched alkanes of at least 4 members (excludes halogenated alkanes) is 27. The van der Waals surface area contributed by atoms with Gasteiger partial charge in [0.2, 0.25) is 5.91 Å². The van der Waals surface area contributed by atoms with E-state index in [0.717, 1.165) is 116 Å². The summed E-state index contributed by atoms with van der Waals surface area (Å²) in [5, 5.41) is 121. The number of allylic oxidation sites excluding steroid dienone is 18. The van der Waals surface area contributed by atoms with Gasteiger partial charge in [-0.2, -0.15) is 0 Å². The lowest BCUT2D eigenvalue weighted by Gasteiger charge is -2.48. The summed E-state index contributed by atoms with van der Waals surface area (Å²) in [5.74, 6) is -0.251. The van der Waals surface area contributed by atoms with Crippen molar-refractivity contribution in [3.05, 3.63) is 109 Å². The maximum Gasteiger partial charge on any atom is 0.220 e. The maximum absolute atomic E-state index is 13.5. The Balaban J connectivity index is 1.36. The summed E-state index contributed by atoms with van der Waals surface area (Å²) in [5.41, 5.74) is 0. The number of aliphatic hydroxyl groups is 11. The van der Waals surface area contributed by atoms with Gasteiger partial charge >= 0.3 is 0 Å². The lowest BCUT2D eigenvalue weighted by molar-refractivity contribution is -0.379. The van der Waals surface area contributed by atoms with E-state index in [9.17, 15) is 61.0 Å². The van der Waals surface area contributed by atoms with Crippen LogP contribution in [0.5, 0.6) is 0 Å². The summed E-state index contributed by atoms with van der Waals surface area (Å²) in [7, 11) is 0. The molecule has 3 saturated heterocycles. The first-order valence-corrected chi connectivity index (χ1v) is 39.6.